The van der Waals surface area contributed by atoms with E-state index in [4.69, 9.17) is 21.1 Å². The van der Waals surface area contributed by atoms with Crippen molar-refractivity contribution in [1.29, 1.82) is 0 Å². The molecule has 3 rings (SSSR count). The third-order valence-corrected chi connectivity index (χ3v) is 4.63. The average Bonchev–Trinajstić information content (AvgIpc) is 3.16. The molecule has 0 radical (unpaired) electrons. The highest BCUT2D eigenvalue weighted by molar-refractivity contribution is 8.13. The summed E-state index contributed by atoms with van der Waals surface area (Å²) in [7, 11) is 3.23. The largest absolute Gasteiger partial charge is 0.497 e. The Labute approximate surface area is 167 Å². The number of amidine groups is 1. The molecule has 3 aromatic rings. The summed E-state index contributed by atoms with van der Waals surface area (Å²) < 4.78 is 10.4. The lowest BCUT2D eigenvalue weighted by molar-refractivity contribution is 0.415. The number of aromatic amines is 1. The van der Waals surface area contributed by atoms with Gasteiger partial charge in [0, 0.05) is 17.3 Å². The van der Waals surface area contributed by atoms with Crippen LogP contribution in [0.1, 0.15) is 0 Å². The van der Waals surface area contributed by atoms with E-state index in [-0.39, 0.29) is 0 Å². The number of nitrogens with zero attached hydrogens (tertiary/aromatic N) is 2. The minimum absolute atomic E-state index is 0.531. The number of methoxy groups -OCH3 is 2. The van der Waals surface area contributed by atoms with Crippen LogP contribution in [0.15, 0.2) is 53.5 Å². The number of nitrogens with one attached hydrogen (secondary N) is 2. The fraction of sp³-hybridized carbons (Fsp3) is 0.158. The van der Waals surface area contributed by atoms with Gasteiger partial charge in [0.1, 0.15) is 11.5 Å². The molecule has 6 nitrogen and oxygen atoms in total. The van der Waals surface area contributed by atoms with Crippen LogP contribution in [0.25, 0.3) is 11.3 Å². The first-order chi connectivity index (χ1) is 13.1. The molecule has 2 aromatic carbocycles. The van der Waals surface area contributed by atoms with E-state index in [1.54, 1.807) is 26.4 Å². The second-order valence-electron chi connectivity index (χ2n) is 5.47. The first kappa shape index (κ1) is 19.1. The van der Waals surface area contributed by atoms with E-state index in [2.05, 4.69) is 20.5 Å². The van der Waals surface area contributed by atoms with Gasteiger partial charge in [-0.3, -0.25) is 5.10 Å². The molecule has 1 heterocycles. The Bertz CT molecular complexity index is 958. The maximum absolute atomic E-state index is 6.17. The molecule has 1 aromatic heterocycles. The second-order valence-corrected chi connectivity index (χ2v) is 6.67. The Morgan fingerprint density at radius 3 is 2.70 bits per heavy atom. The number of hydrogen-bond acceptors (Lipinski definition) is 5. The van der Waals surface area contributed by atoms with Crippen LogP contribution in [0.2, 0.25) is 5.02 Å². The fourth-order valence-electron chi connectivity index (χ4n) is 2.40. The first-order valence-corrected chi connectivity index (χ1v) is 9.66. The van der Waals surface area contributed by atoms with Crippen molar-refractivity contribution in [3.05, 3.63) is 53.6 Å². The third-order valence-electron chi connectivity index (χ3n) is 3.76. The normalized spacial score (nSPS) is 11.3. The molecule has 0 aliphatic rings. The van der Waals surface area contributed by atoms with Gasteiger partial charge in [-0.25, -0.2) is 4.99 Å². The second kappa shape index (κ2) is 8.83. The summed E-state index contributed by atoms with van der Waals surface area (Å²) in [5.41, 5.74) is 2.65. The SMILES string of the molecule is COc1cccc(-c2cc(N=C(Nc3ccc(OC)c(Cl)c3)SC)n[nH]2)c1. The van der Waals surface area contributed by atoms with Crippen LogP contribution in [0.4, 0.5) is 11.5 Å². The highest BCUT2D eigenvalue weighted by Gasteiger charge is 2.07. The highest BCUT2D eigenvalue weighted by Crippen LogP contribution is 2.28. The van der Waals surface area contributed by atoms with Crippen molar-refractivity contribution in [1.82, 2.24) is 10.2 Å². The summed E-state index contributed by atoms with van der Waals surface area (Å²) in [6.07, 6.45) is 1.94. The molecule has 2 N–H and O–H groups in total. The average molecular weight is 403 g/mol. The Balaban J connectivity index is 1.80. The monoisotopic (exact) mass is 402 g/mol. The van der Waals surface area contributed by atoms with Crippen molar-refractivity contribution in [3.63, 3.8) is 0 Å². The van der Waals surface area contributed by atoms with Crippen molar-refractivity contribution in [2.24, 2.45) is 4.99 Å². The van der Waals surface area contributed by atoms with Gasteiger partial charge in [0.05, 0.1) is 24.9 Å². The number of ether oxygens (including phenoxy) is 2. The van der Waals surface area contributed by atoms with Gasteiger partial charge in [-0.2, -0.15) is 5.10 Å². The predicted octanol–water partition coefficient (Wildman–Crippen LogP) is 5.21. The van der Waals surface area contributed by atoms with Gasteiger partial charge < -0.3 is 14.8 Å². The van der Waals surface area contributed by atoms with E-state index in [0.717, 1.165) is 22.7 Å². The molecule has 0 unspecified atom stereocenters. The van der Waals surface area contributed by atoms with Gasteiger partial charge in [-0.1, -0.05) is 35.5 Å². The predicted molar refractivity (Wildman–Crippen MR) is 113 cm³/mol. The van der Waals surface area contributed by atoms with Gasteiger partial charge in [0.15, 0.2) is 11.0 Å². The zero-order valence-electron chi connectivity index (χ0n) is 15.1. The standard InChI is InChI=1S/C19H19ClN4O2S/c1-25-14-6-4-5-12(9-14)16-11-18(24-23-16)22-19(27-3)21-13-7-8-17(26-2)15(20)10-13/h4-11H,1-3H3,(H2,21,22,23,24). The van der Waals surface area contributed by atoms with Crippen LogP contribution in [0.5, 0.6) is 11.5 Å². The number of aromatic nitrogens is 2. The molecule has 0 atom stereocenters. The molecular formula is C19H19ClN4O2S. The molecule has 0 spiro atoms. The van der Waals surface area contributed by atoms with E-state index in [0.29, 0.717) is 21.8 Å². The molecule has 0 bridgehead atoms. The van der Waals surface area contributed by atoms with E-state index in [9.17, 15) is 0 Å². The summed E-state index contributed by atoms with van der Waals surface area (Å²) in [6.45, 7) is 0. The summed E-state index contributed by atoms with van der Waals surface area (Å²) in [5, 5.41) is 11.7. The van der Waals surface area contributed by atoms with Crippen LogP contribution in [-0.4, -0.2) is 35.8 Å². The molecule has 0 amide bonds. The number of thioether (sulfide) groups is 1. The van der Waals surface area contributed by atoms with Crippen LogP contribution >= 0.6 is 23.4 Å². The van der Waals surface area contributed by atoms with Crippen molar-refractivity contribution in [2.75, 3.05) is 25.8 Å². The maximum atomic E-state index is 6.17. The smallest absolute Gasteiger partial charge is 0.176 e. The summed E-state index contributed by atoms with van der Waals surface area (Å²) in [6, 6.07) is 15.1. The van der Waals surface area contributed by atoms with E-state index < -0.39 is 0 Å². The maximum Gasteiger partial charge on any atom is 0.176 e. The van der Waals surface area contributed by atoms with E-state index in [1.807, 2.05) is 42.7 Å². The fourth-order valence-corrected chi connectivity index (χ4v) is 3.07. The zero-order chi connectivity index (χ0) is 19.2. The third kappa shape index (κ3) is 4.75. The molecule has 0 aliphatic carbocycles. The molecule has 0 fully saturated rings. The molecule has 0 saturated heterocycles. The zero-order valence-corrected chi connectivity index (χ0v) is 16.7. The van der Waals surface area contributed by atoms with Crippen LogP contribution in [0.3, 0.4) is 0 Å². The number of aliphatic imine (C=N–C) groups is 1. The topological polar surface area (TPSA) is 71.5 Å². The Morgan fingerprint density at radius 1 is 1.15 bits per heavy atom. The van der Waals surface area contributed by atoms with E-state index in [1.165, 1.54) is 11.8 Å². The molecule has 0 aliphatic heterocycles. The number of hydrogen-bond donors (Lipinski definition) is 2. The minimum Gasteiger partial charge on any atom is -0.497 e. The molecule has 0 saturated carbocycles. The molecule has 8 heteroatoms. The highest BCUT2D eigenvalue weighted by atomic mass is 35.5. The minimum atomic E-state index is 0.531. The van der Waals surface area contributed by atoms with E-state index >= 15 is 0 Å². The lowest BCUT2D eigenvalue weighted by Crippen LogP contribution is -2.06. The van der Waals surface area contributed by atoms with Gasteiger partial charge in [-0.05, 0) is 36.6 Å². The van der Waals surface area contributed by atoms with Gasteiger partial charge in [0.25, 0.3) is 0 Å². The summed E-state index contributed by atoms with van der Waals surface area (Å²) >= 11 is 7.65. The quantitative estimate of drug-likeness (QED) is 0.452. The number of H-pyrrole nitrogens is 1. The van der Waals surface area contributed by atoms with Crippen LogP contribution in [-0.2, 0) is 0 Å². The summed E-state index contributed by atoms with van der Waals surface area (Å²) in [5.74, 6) is 1.99. The van der Waals surface area contributed by atoms with Gasteiger partial charge in [-0.15, -0.1) is 0 Å². The molecular weight excluding hydrogens is 384 g/mol. The lowest BCUT2D eigenvalue weighted by Gasteiger charge is -2.09. The van der Waals surface area contributed by atoms with Crippen molar-refractivity contribution in [2.45, 2.75) is 0 Å². The van der Waals surface area contributed by atoms with Crippen LogP contribution in [0, 0.1) is 0 Å². The number of benzene rings is 2. The number of rotatable bonds is 5. The Hall–Kier alpha value is -2.64. The van der Waals surface area contributed by atoms with Gasteiger partial charge >= 0.3 is 0 Å². The van der Waals surface area contributed by atoms with Crippen molar-refractivity contribution >= 4 is 40.0 Å². The van der Waals surface area contributed by atoms with Crippen LogP contribution < -0.4 is 14.8 Å². The molecule has 140 valence electrons. The van der Waals surface area contributed by atoms with Crippen molar-refractivity contribution in [3.8, 4) is 22.8 Å². The molecule has 27 heavy (non-hydrogen) atoms. The Morgan fingerprint density at radius 2 is 2.00 bits per heavy atom. The first-order valence-electron chi connectivity index (χ1n) is 8.06. The van der Waals surface area contributed by atoms with Crippen molar-refractivity contribution < 1.29 is 9.47 Å². The summed E-state index contributed by atoms with van der Waals surface area (Å²) in [4.78, 5) is 4.55. The number of anilines is 1. The lowest BCUT2D eigenvalue weighted by atomic mass is 10.1. The Kier molecular flexibility index (Phi) is 6.26. The van der Waals surface area contributed by atoms with Gasteiger partial charge in [0.2, 0.25) is 0 Å². The number of halogens is 1.